The number of nitrogens with zero attached hydrogens (tertiary/aromatic N) is 1. The van der Waals surface area contributed by atoms with E-state index in [1.807, 2.05) is 19.1 Å². The smallest absolute Gasteiger partial charge is 0.173 e. The van der Waals surface area contributed by atoms with Crippen molar-refractivity contribution in [2.45, 2.75) is 38.6 Å². The number of rotatable bonds is 9. The van der Waals surface area contributed by atoms with Gasteiger partial charge in [0.25, 0.3) is 0 Å². The molecule has 1 aromatic carbocycles. The lowest BCUT2D eigenvalue weighted by Gasteiger charge is -2.35. The van der Waals surface area contributed by atoms with Gasteiger partial charge in [-0.05, 0) is 43.9 Å². The first-order chi connectivity index (χ1) is 11.7. The van der Waals surface area contributed by atoms with Crippen LogP contribution in [0.2, 0.25) is 5.02 Å². The molecule has 0 aliphatic carbocycles. The van der Waals surface area contributed by atoms with Crippen molar-refractivity contribution in [2.24, 2.45) is 0 Å². The Balaban J connectivity index is 0.00000312. The van der Waals surface area contributed by atoms with Crippen molar-refractivity contribution < 1.29 is 9.13 Å². The molecular weight excluding hydrogens is 362 g/mol. The fraction of sp³-hybridized carbons (Fsp3) is 0.579. The van der Waals surface area contributed by atoms with E-state index < -0.39 is 0 Å². The van der Waals surface area contributed by atoms with Gasteiger partial charge in [0, 0.05) is 32.2 Å². The summed E-state index contributed by atoms with van der Waals surface area (Å²) in [7, 11) is 0. The summed E-state index contributed by atoms with van der Waals surface area (Å²) in [6.45, 7) is 9.88. The zero-order valence-corrected chi connectivity index (χ0v) is 16.5. The van der Waals surface area contributed by atoms with Crippen molar-refractivity contribution in [2.75, 3.05) is 32.8 Å². The Hall–Kier alpha value is -0.810. The molecule has 2 rings (SSSR count). The van der Waals surface area contributed by atoms with Gasteiger partial charge in [-0.3, -0.25) is 4.90 Å². The number of hydrogen-bond donors (Lipinski definition) is 1. The number of unbranched alkanes of at least 4 members (excludes halogenated alkanes) is 2. The van der Waals surface area contributed by atoms with Crippen LogP contribution in [0, 0.1) is 5.82 Å². The maximum absolute atomic E-state index is 14.4. The van der Waals surface area contributed by atoms with Crippen LogP contribution in [0.4, 0.5) is 4.39 Å². The van der Waals surface area contributed by atoms with E-state index in [0.717, 1.165) is 57.4 Å². The quantitative estimate of drug-likeness (QED) is 0.474. The Morgan fingerprint density at radius 1 is 1.36 bits per heavy atom. The predicted octanol–water partition coefficient (Wildman–Crippen LogP) is 4.99. The first-order valence-corrected chi connectivity index (χ1v) is 9.22. The zero-order chi connectivity index (χ0) is 17.4. The molecule has 1 aliphatic rings. The Bertz CT molecular complexity index is 513. The van der Waals surface area contributed by atoms with Crippen molar-refractivity contribution in [3.05, 3.63) is 41.2 Å². The third-order valence-electron chi connectivity index (χ3n) is 4.42. The molecule has 0 amide bonds. The Morgan fingerprint density at radius 3 is 2.68 bits per heavy atom. The molecule has 0 bridgehead atoms. The highest BCUT2D eigenvalue weighted by Crippen LogP contribution is 2.35. The fourth-order valence-corrected chi connectivity index (χ4v) is 3.51. The highest BCUT2D eigenvalue weighted by atomic mass is 35.5. The minimum atomic E-state index is -0.370. The third-order valence-corrected chi connectivity index (χ3v) is 4.70. The van der Waals surface area contributed by atoms with Gasteiger partial charge in [0.2, 0.25) is 0 Å². The molecule has 6 heteroatoms. The molecule has 1 aliphatic heterocycles. The molecule has 0 spiro atoms. The Kier molecular flexibility index (Phi) is 10.4. The Morgan fingerprint density at radius 2 is 2.08 bits per heavy atom. The number of ether oxygens (including phenoxy) is 1. The van der Waals surface area contributed by atoms with E-state index in [9.17, 15) is 4.39 Å². The van der Waals surface area contributed by atoms with Crippen LogP contribution in [0.25, 0.3) is 0 Å². The molecule has 0 radical (unpaired) electrons. The summed E-state index contributed by atoms with van der Waals surface area (Å²) in [5, 5.41) is 3.73. The first-order valence-electron chi connectivity index (χ1n) is 8.84. The lowest BCUT2D eigenvalue weighted by atomic mass is 9.97. The van der Waals surface area contributed by atoms with E-state index in [0.29, 0.717) is 11.6 Å². The zero-order valence-electron chi connectivity index (χ0n) is 14.9. The molecule has 0 saturated carbocycles. The summed E-state index contributed by atoms with van der Waals surface area (Å²) in [6, 6.07) is 3.66. The molecular formula is C19H29Cl2FN2O. The van der Waals surface area contributed by atoms with E-state index in [4.69, 9.17) is 16.3 Å². The summed E-state index contributed by atoms with van der Waals surface area (Å²) in [4.78, 5) is 2.43. The monoisotopic (exact) mass is 390 g/mol. The van der Waals surface area contributed by atoms with E-state index in [1.54, 1.807) is 6.07 Å². The van der Waals surface area contributed by atoms with Crippen LogP contribution in [0.15, 0.2) is 24.8 Å². The fourth-order valence-electron chi connectivity index (χ4n) is 3.23. The van der Waals surface area contributed by atoms with Crippen LogP contribution in [-0.2, 0) is 0 Å². The number of nitrogens with one attached hydrogen (secondary N) is 1. The number of piperazine rings is 1. The lowest BCUT2D eigenvalue weighted by Crippen LogP contribution is -2.45. The predicted molar refractivity (Wildman–Crippen MR) is 106 cm³/mol. The molecule has 1 saturated heterocycles. The molecule has 142 valence electrons. The van der Waals surface area contributed by atoms with Crippen molar-refractivity contribution >= 4 is 24.0 Å². The number of allylic oxidation sites excluding steroid dienone is 1. The second kappa shape index (κ2) is 11.7. The largest absolute Gasteiger partial charge is 0.489 e. The topological polar surface area (TPSA) is 24.5 Å². The van der Waals surface area contributed by atoms with E-state index in [2.05, 4.69) is 16.8 Å². The van der Waals surface area contributed by atoms with Crippen molar-refractivity contribution in [3.63, 3.8) is 0 Å². The van der Waals surface area contributed by atoms with Gasteiger partial charge in [0.05, 0.1) is 11.6 Å². The molecule has 0 unspecified atom stereocenters. The maximum atomic E-state index is 14.4. The van der Waals surface area contributed by atoms with Gasteiger partial charge in [-0.2, -0.15) is 0 Å². The van der Waals surface area contributed by atoms with Crippen LogP contribution < -0.4 is 10.1 Å². The molecule has 1 heterocycles. The maximum Gasteiger partial charge on any atom is 0.173 e. The van der Waals surface area contributed by atoms with Gasteiger partial charge < -0.3 is 10.1 Å². The molecule has 1 aromatic rings. The minimum Gasteiger partial charge on any atom is -0.489 e. The molecule has 25 heavy (non-hydrogen) atoms. The van der Waals surface area contributed by atoms with E-state index >= 15 is 0 Å². The molecule has 1 fully saturated rings. The summed E-state index contributed by atoms with van der Waals surface area (Å²) >= 11 is 6.27. The second-order valence-corrected chi connectivity index (χ2v) is 6.53. The van der Waals surface area contributed by atoms with Gasteiger partial charge >= 0.3 is 0 Å². The van der Waals surface area contributed by atoms with Gasteiger partial charge in [-0.1, -0.05) is 24.1 Å². The first kappa shape index (κ1) is 22.2. The average molecular weight is 391 g/mol. The SMILES string of the molecule is C=CCCCC[C@@H](c1cc(F)c(OCC)c(Cl)c1)N1CCNCC1.Cl. The standard InChI is InChI=1S/C19H28ClFN2O.ClH/c1-3-5-6-7-8-18(23-11-9-22-10-12-23)15-13-16(20)19(24-4-2)17(21)14-15;/h3,13-14,18,22H,1,4-12H2,2H3;1H/t18-;/m0./s1. The van der Waals surface area contributed by atoms with E-state index in [1.165, 1.54) is 0 Å². The number of benzene rings is 1. The molecule has 3 nitrogen and oxygen atoms in total. The number of halogens is 3. The Labute approximate surface area is 162 Å². The van der Waals surface area contributed by atoms with Crippen LogP contribution in [0.3, 0.4) is 0 Å². The van der Waals surface area contributed by atoms with E-state index in [-0.39, 0.29) is 30.0 Å². The van der Waals surface area contributed by atoms with Gasteiger partial charge in [-0.25, -0.2) is 4.39 Å². The van der Waals surface area contributed by atoms with Crippen LogP contribution in [-0.4, -0.2) is 37.7 Å². The molecule has 1 atom stereocenters. The van der Waals surface area contributed by atoms with Gasteiger partial charge in [-0.15, -0.1) is 19.0 Å². The van der Waals surface area contributed by atoms with Crippen LogP contribution in [0.5, 0.6) is 5.75 Å². The molecule has 0 aromatic heterocycles. The average Bonchev–Trinajstić information content (AvgIpc) is 2.59. The van der Waals surface area contributed by atoms with Gasteiger partial charge in [0.15, 0.2) is 11.6 Å². The summed E-state index contributed by atoms with van der Waals surface area (Å²) < 4.78 is 19.7. The minimum absolute atomic E-state index is 0. The molecule has 1 N–H and O–H groups in total. The second-order valence-electron chi connectivity index (χ2n) is 6.12. The summed E-state index contributed by atoms with van der Waals surface area (Å²) in [5.41, 5.74) is 0.946. The van der Waals surface area contributed by atoms with Crippen molar-refractivity contribution in [3.8, 4) is 5.75 Å². The van der Waals surface area contributed by atoms with Crippen molar-refractivity contribution in [1.29, 1.82) is 0 Å². The lowest BCUT2D eigenvalue weighted by molar-refractivity contribution is 0.162. The summed E-state index contributed by atoms with van der Waals surface area (Å²) in [5.74, 6) is -0.209. The summed E-state index contributed by atoms with van der Waals surface area (Å²) in [6.07, 6.45) is 6.17. The normalized spacial score (nSPS) is 16.1. The highest BCUT2D eigenvalue weighted by molar-refractivity contribution is 6.32. The third kappa shape index (κ3) is 6.45. The van der Waals surface area contributed by atoms with Crippen molar-refractivity contribution in [1.82, 2.24) is 10.2 Å². The highest BCUT2D eigenvalue weighted by Gasteiger charge is 2.24. The van der Waals surface area contributed by atoms with Crippen LogP contribution in [0.1, 0.15) is 44.2 Å². The number of hydrogen-bond acceptors (Lipinski definition) is 3. The van der Waals surface area contributed by atoms with Crippen LogP contribution >= 0.6 is 24.0 Å². The van der Waals surface area contributed by atoms with Gasteiger partial charge in [0.1, 0.15) is 0 Å².